The molecule has 0 spiro atoms. The molecule has 2 aromatic carbocycles. The van der Waals surface area contributed by atoms with Gasteiger partial charge in [0, 0.05) is 13.1 Å². The van der Waals surface area contributed by atoms with Crippen LogP contribution in [-0.2, 0) is 16.1 Å². The molecule has 0 bridgehead atoms. The van der Waals surface area contributed by atoms with Crippen LogP contribution in [0, 0.1) is 6.92 Å². The van der Waals surface area contributed by atoms with Gasteiger partial charge in [-0.2, -0.15) is 0 Å². The highest BCUT2D eigenvalue weighted by molar-refractivity contribution is 6.42. The predicted octanol–water partition coefficient (Wildman–Crippen LogP) is 5.40. The SMILES string of the molecule is CCCCNC(=O)[C@@H](CC)N(Cc1ccc(Cl)c(Cl)c1)C(=O)COc1ccccc1C. The van der Waals surface area contributed by atoms with E-state index in [1.165, 1.54) is 0 Å². The summed E-state index contributed by atoms with van der Waals surface area (Å²) in [5, 5.41) is 3.78. The summed E-state index contributed by atoms with van der Waals surface area (Å²) in [4.78, 5) is 27.6. The second kappa shape index (κ2) is 12.6. The number of hydrogen-bond donors (Lipinski definition) is 1. The van der Waals surface area contributed by atoms with Crippen molar-refractivity contribution in [3.63, 3.8) is 0 Å². The minimum Gasteiger partial charge on any atom is -0.484 e. The molecular formula is C24H30Cl2N2O3. The topological polar surface area (TPSA) is 58.6 Å². The smallest absolute Gasteiger partial charge is 0.261 e. The lowest BCUT2D eigenvalue weighted by molar-refractivity contribution is -0.143. The van der Waals surface area contributed by atoms with Crippen LogP contribution in [0.5, 0.6) is 5.75 Å². The third kappa shape index (κ3) is 7.44. The fraction of sp³-hybridized carbons (Fsp3) is 0.417. The third-order valence-corrected chi connectivity index (χ3v) is 5.74. The molecule has 1 N–H and O–H groups in total. The Balaban J connectivity index is 2.22. The normalized spacial score (nSPS) is 11.6. The average Bonchev–Trinajstić information content (AvgIpc) is 2.75. The van der Waals surface area contributed by atoms with Gasteiger partial charge in [0.2, 0.25) is 5.91 Å². The molecule has 2 aromatic rings. The molecule has 0 heterocycles. The Morgan fingerprint density at radius 2 is 1.84 bits per heavy atom. The molecule has 0 fully saturated rings. The lowest BCUT2D eigenvalue weighted by Gasteiger charge is -2.30. The van der Waals surface area contributed by atoms with Crippen LogP contribution >= 0.6 is 23.2 Å². The van der Waals surface area contributed by atoms with E-state index < -0.39 is 6.04 Å². The van der Waals surface area contributed by atoms with Crippen LogP contribution in [0.1, 0.15) is 44.2 Å². The standard InChI is InChI=1S/C24H30Cl2N2O3/c1-4-6-13-27-24(30)21(5-2)28(15-18-11-12-19(25)20(26)14-18)23(29)16-31-22-10-8-7-9-17(22)3/h7-12,14,21H,4-6,13,15-16H2,1-3H3,(H,27,30)/t21-/m1/s1. The fourth-order valence-electron chi connectivity index (χ4n) is 3.20. The average molecular weight is 465 g/mol. The molecule has 31 heavy (non-hydrogen) atoms. The molecule has 0 unspecified atom stereocenters. The van der Waals surface area contributed by atoms with Crippen molar-refractivity contribution < 1.29 is 14.3 Å². The lowest BCUT2D eigenvalue weighted by atomic mass is 10.1. The number of carbonyl (C=O) groups is 2. The molecule has 0 saturated carbocycles. The van der Waals surface area contributed by atoms with Gasteiger partial charge in [-0.1, -0.05) is 67.7 Å². The van der Waals surface area contributed by atoms with Gasteiger partial charge in [0.1, 0.15) is 11.8 Å². The first-order chi connectivity index (χ1) is 14.9. The molecule has 2 rings (SSSR count). The number of unbranched alkanes of at least 4 members (excludes halogenated alkanes) is 1. The van der Waals surface area contributed by atoms with Crippen LogP contribution in [-0.4, -0.2) is 35.9 Å². The number of benzene rings is 2. The van der Waals surface area contributed by atoms with Crippen LogP contribution in [0.25, 0.3) is 0 Å². The number of nitrogens with zero attached hydrogens (tertiary/aromatic N) is 1. The van der Waals surface area contributed by atoms with Crippen molar-refractivity contribution in [1.29, 1.82) is 0 Å². The minimum atomic E-state index is -0.612. The molecule has 1 atom stereocenters. The maximum atomic E-state index is 13.2. The van der Waals surface area contributed by atoms with Gasteiger partial charge in [0.25, 0.3) is 5.91 Å². The fourth-order valence-corrected chi connectivity index (χ4v) is 3.52. The van der Waals surface area contributed by atoms with Gasteiger partial charge < -0.3 is 15.0 Å². The second-order valence-electron chi connectivity index (χ2n) is 7.39. The van der Waals surface area contributed by atoms with E-state index in [0.717, 1.165) is 24.0 Å². The van der Waals surface area contributed by atoms with Crippen molar-refractivity contribution in [3.8, 4) is 5.75 Å². The highest BCUT2D eigenvalue weighted by Gasteiger charge is 2.29. The van der Waals surface area contributed by atoms with Gasteiger partial charge in [-0.05, 0) is 49.1 Å². The van der Waals surface area contributed by atoms with Crippen molar-refractivity contribution >= 4 is 35.0 Å². The molecular weight excluding hydrogens is 435 g/mol. The van der Waals surface area contributed by atoms with E-state index in [9.17, 15) is 9.59 Å². The van der Waals surface area contributed by atoms with Crippen molar-refractivity contribution in [1.82, 2.24) is 10.2 Å². The molecule has 0 radical (unpaired) electrons. The van der Waals surface area contributed by atoms with Crippen molar-refractivity contribution in [2.24, 2.45) is 0 Å². The van der Waals surface area contributed by atoms with Crippen molar-refractivity contribution in [3.05, 3.63) is 63.6 Å². The van der Waals surface area contributed by atoms with E-state index in [0.29, 0.717) is 28.8 Å². The van der Waals surface area contributed by atoms with Crippen molar-refractivity contribution in [2.75, 3.05) is 13.2 Å². The van der Waals surface area contributed by atoms with Gasteiger partial charge in [-0.15, -0.1) is 0 Å². The van der Waals surface area contributed by atoms with Crippen LogP contribution in [0.3, 0.4) is 0 Å². The summed E-state index contributed by atoms with van der Waals surface area (Å²) >= 11 is 12.2. The molecule has 0 saturated heterocycles. The maximum Gasteiger partial charge on any atom is 0.261 e. The Morgan fingerprint density at radius 1 is 1.10 bits per heavy atom. The molecule has 0 aliphatic rings. The van der Waals surface area contributed by atoms with E-state index in [1.54, 1.807) is 23.1 Å². The lowest BCUT2D eigenvalue weighted by Crippen LogP contribution is -2.50. The van der Waals surface area contributed by atoms with Crippen molar-refractivity contribution in [2.45, 2.75) is 52.6 Å². The van der Waals surface area contributed by atoms with Gasteiger partial charge in [0.05, 0.1) is 10.0 Å². The zero-order valence-electron chi connectivity index (χ0n) is 18.3. The van der Waals surface area contributed by atoms with E-state index in [1.807, 2.05) is 38.1 Å². The number of para-hydroxylation sites is 1. The zero-order chi connectivity index (χ0) is 22.8. The minimum absolute atomic E-state index is 0.162. The highest BCUT2D eigenvalue weighted by Crippen LogP contribution is 2.24. The second-order valence-corrected chi connectivity index (χ2v) is 8.21. The highest BCUT2D eigenvalue weighted by atomic mass is 35.5. The molecule has 168 valence electrons. The summed E-state index contributed by atoms with van der Waals surface area (Å²) in [6.07, 6.45) is 2.35. The van der Waals surface area contributed by atoms with Crippen LogP contribution in [0.4, 0.5) is 0 Å². The predicted molar refractivity (Wildman–Crippen MR) is 126 cm³/mol. The number of rotatable bonds is 11. The van der Waals surface area contributed by atoms with Crippen LogP contribution in [0.2, 0.25) is 10.0 Å². The summed E-state index contributed by atoms with van der Waals surface area (Å²) < 4.78 is 5.76. The van der Waals surface area contributed by atoms with Gasteiger partial charge in [0.15, 0.2) is 6.61 Å². The zero-order valence-corrected chi connectivity index (χ0v) is 19.8. The first-order valence-electron chi connectivity index (χ1n) is 10.6. The first kappa shape index (κ1) is 25.0. The molecule has 0 aliphatic carbocycles. The Hall–Kier alpha value is -2.24. The Morgan fingerprint density at radius 3 is 2.48 bits per heavy atom. The first-order valence-corrected chi connectivity index (χ1v) is 11.3. The van der Waals surface area contributed by atoms with Crippen LogP contribution in [0.15, 0.2) is 42.5 Å². The Labute approximate surface area is 194 Å². The number of aryl methyl sites for hydroxylation is 1. The third-order valence-electron chi connectivity index (χ3n) is 5.00. The number of ether oxygens (including phenoxy) is 1. The Bertz CT molecular complexity index is 889. The molecule has 0 aromatic heterocycles. The van der Waals surface area contributed by atoms with E-state index in [-0.39, 0.29) is 25.0 Å². The van der Waals surface area contributed by atoms with E-state index in [4.69, 9.17) is 27.9 Å². The molecule has 7 heteroatoms. The van der Waals surface area contributed by atoms with Gasteiger partial charge in [-0.3, -0.25) is 9.59 Å². The Kier molecular flexibility index (Phi) is 10.2. The quantitative estimate of drug-likeness (QED) is 0.452. The summed E-state index contributed by atoms with van der Waals surface area (Å²) in [6.45, 7) is 6.52. The molecule has 5 nitrogen and oxygen atoms in total. The number of carbonyl (C=O) groups excluding carboxylic acids is 2. The van der Waals surface area contributed by atoms with Crippen LogP contribution < -0.4 is 10.1 Å². The maximum absolute atomic E-state index is 13.2. The summed E-state index contributed by atoms with van der Waals surface area (Å²) in [5.74, 6) is 0.206. The number of nitrogens with one attached hydrogen (secondary N) is 1. The number of halogens is 2. The molecule has 0 aliphatic heterocycles. The summed E-state index contributed by atoms with van der Waals surface area (Å²) in [7, 11) is 0. The largest absolute Gasteiger partial charge is 0.484 e. The monoisotopic (exact) mass is 464 g/mol. The van der Waals surface area contributed by atoms with E-state index >= 15 is 0 Å². The van der Waals surface area contributed by atoms with E-state index in [2.05, 4.69) is 12.2 Å². The summed E-state index contributed by atoms with van der Waals surface area (Å²) in [5.41, 5.74) is 1.73. The van der Waals surface area contributed by atoms with Gasteiger partial charge >= 0.3 is 0 Å². The number of amides is 2. The summed E-state index contributed by atoms with van der Waals surface area (Å²) in [6, 6.07) is 12.1. The van der Waals surface area contributed by atoms with Gasteiger partial charge in [-0.25, -0.2) is 0 Å². The number of hydrogen-bond acceptors (Lipinski definition) is 3. The molecule has 2 amide bonds.